The average Bonchev–Trinajstić information content (AvgIpc) is 3.08. The number of para-hydroxylation sites is 3. The molecule has 1 N–H and O–H groups in total. The van der Waals surface area contributed by atoms with E-state index in [1.807, 2.05) is 61.0 Å². The van der Waals surface area contributed by atoms with E-state index in [9.17, 15) is 4.79 Å². The predicted molar refractivity (Wildman–Crippen MR) is 109 cm³/mol. The molecule has 0 radical (unpaired) electrons. The number of hydrogen-bond donors (Lipinski definition) is 1. The fourth-order valence-corrected chi connectivity index (χ4v) is 3.34. The molecule has 0 saturated heterocycles. The second kappa shape index (κ2) is 9.27. The Kier molecular flexibility index (Phi) is 6.54. The van der Waals surface area contributed by atoms with Gasteiger partial charge in [-0.15, -0.1) is 10.2 Å². The van der Waals surface area contributed by atoms with Crippen molar-refractivity contribution in [2.75, 3.05) is 18.2 Å². The number of rotatable bonds is 8. The molecule has 146 valence electrons. The Morgan fingerprint density at radius 1 is 1.14 bits per heavy atom. The van der Waals surface area contributed by atoms with Gasteiger partial charge in [0.25, 0.3) is 0 Å². The largest absolute Gasteiger partial charge is 0.495 e. The van der Waals surface area contributed by atoms with Gasteiger partial charge in [-0.05, 0) is 31.2 Å². The molecule has 8 heteroatoms. The molecule has 3 rings (SSSR count). The highest BCUT2D eigenvalue weighted by molar-refractivity contribution is 7.99. The van der Waals surface area contributed by atoms with E-state index in [0.717, 1.165) is 5.75 Å². The Bertz CT molecular complexity index is 930. The maximum absolute atomic E-state index is 12.3. The molecule has 0 aliphatic rings. The number of nitrogens with zero attached hydrogens (tertiary/aromatic N) is 3. The summed E-state index contributed by atoms with van der Waals surface area (Å²) in [6.45, 7) is 1.92. The van der Waals surface area contributed by atoms with Crippen LogP contribution in [-0.2, 0) is 11.8 Å². The third-order valence-corrected chi connectivity index (χ3v) is 5.02. The summed E-state index contributed by atoms with van der Waals surface area (Å²) in [6.07, 6.45) is -0.267. The second-order valence-corrected chi connectivity index (χ2v) is 6.95. The fourth-order valence-electron chi connectivity index (χ4n) is 2.63. The van der Waals surface area contributed by atoms with Crippen molar-refractivity contribution < 1.29 is 14.3 Å². The van der Waals surface area contributed by atoms with Crippen LogP contribution in [0.25, 0.3) is 0 Å². The zero-order valence-corrected chi connectivity index (χ0v) is 16.8. The van der Waals surface area contributed by atoms with Crippen LogP contribution in [0, 0.1) is 0 Å². The lowest BCUT2D eigenvalue weighted by atomic mass is 10.3. The number of thioether (sulfide) groups is 1. The van der Waals surface area contributed by atoms with Crippen LogP contribution in [0.15, 0.2) is 59.8 Å². The molecule has 0 aliphatic carbocycles. The third kappa shape index (κ3) is 4.83. The first-order chi connectivity index (χ1) is 13.6. The minimum absolute atomic E-state index is 0.146. The second-order valence-electron chi connectivity index (χ2n) is 6.01. The Hall–Kier alpha value is -3.00. The molecule has 1 atom stereocenters. The molecule has 0 bridgehead atoms. The van der Waals surface area contributed by atoms with E-state index in [2.05, 4.69) is 15.5 Å². The molecule has 1 unspecified atom stereocenters. The van der Waals surface area contributed by atoms with E-state index >= 15 is 0 Å². The summed E-state index contributed by atoms with van der Waals surface area (Å²) in [4.78, 5) is 12.3. The molecule has 2 aromatic carbocycles. The molecule has 7 nitrogen and oxygen atoms in total. The van der Waals surface area contributed by atoms with E-state index in [-0.39, 0.29) is 17.8 Å². The Morgan fingerprint density at radius 3 is 2.61 bits per heavy atom. The van der Waals surface area contributed by atoms with E-state index in [0.29, 0.717) is 22.4 Å². The van der Waals surface area contributed by atoms with Crippen molar-refractivity contribution in [3.05, 3.63) is 60.4 Å². The molecule has 0 saturated carbocycles. The highest BCUT2D eigenvalue weighted by Gasteiger charge is 2.18. The number of carbonyl (C=O) groups excluding carboxylic acids is 1. The molecule has 0 fully saturated rings. The normalized spacial score (nSPS) is 11.7. The van der Waals surface area contributed by atoms with E-state index < -0.39 is 0 Å². The highest BCUT2D eigenvalue weighted by Crippen LogP contribution is 2.25. The van der Waals surface area contributed by atoms with Crippen molar-refractivity contribution in [1.29, 1.82) is 0 Å². The number of anilines is 1. The minimum Gasteiger partial charge on any atom is -0.495 e. The van der Waals surface area contributed by atoms with Crippen LogP contribution in [-0.4, -0.2) is 33.5 Å². The Morgan fingerprint density at radius 2 is 1.86 bits per heavy atom. The Labute approximate surface area is 168 Å². The van der Waals surface area contributed by atoms with Gasteiger partial charge in [-0.25, -0.2) is 0 Å². The number of amides is 1. The summed E-state index contributed by atoms with van der Waals surface area (Å²) in [6, 6.07) is 16.8. The molecule has 0 aliphatic heterocycles. The fraction of sp³-hybridized carbons (Fsp3) is 0.250. The van der Waals surface area contributed by atoms with Gasteiger partial charge in [0.15, 0.2) is 17.1 Å². The predicted octanol–water partition coefficient (Wildman–Crippen LogP) is 3.69. The van der Waals surface area contributed by atoms with Crippen molar-refractivity contribution in [3.63, 3.8) is 0 Å². The summed E-state index contributed by atoms with van der Waals surface area (Å²) in [5.41, 5.74) is 0.638. The average molecular weight is 398 g/mol. The number of nitrogens with one attached hydrogen (secondary N) is 1. The summed E-state index contributed by atoms with van der Waals surface area (Å²) in [7, 11) is 3.43. The standard InChI is InChI=1S/C20H22N4O3S/c1-14(27-15-9-5-4-6-10-15)19-22-23-20(24(19)2)28-13-18(25)21-16-11-7-8-12-17(16)26-3/h4-12,14H,13H2,1-3H3,(H,21,25). The summed E-state index contributed by atoms with van der Waals surface area (Å²) < 4.78 is 13.0. The van der Waals surface area contributed by atoms with Gasteiger partial charge in [0.05, 0.1) is 18.6 Å². The van der Waals surface area contributed by atoms with Gasteiger partial charge >= 0.3 is 0 Å². The quantitative estimate of drug-likeness (QED) is 0.583. The number of aromatic nitrogens is 3. The first kappa shape index (κ1) is 19.8. The van der Waals surface area contributed by atoms with Gasteiger partial charge in [-0.3, -0.25) is 4.79 Å². The molecule has 1 amide bonds. The van der Waals surface area contributed by atoms with Crippen molar-refractivity contribution in [2.45, 2.75) is 18.2 Å². The first-order valence-electron chi connectivity index (χ1n) is 8.75. The number of ether oxygens (including phenoxy) is 2. The van der Waals surface area contributed by atoms with Crippen LogP contribution < -0.4 is 14.8 Å². The van der Waals surface area contributed by atoms with Gasteiger partial charge in [-0.1, -0.05) is 42.1 Å². The lowest BCUT2D eigenvalue weighted by Crippen LogP contribution is -2.15. The Balaban J connectivity index is 1.59. The van der Waals surface area contributed by atoms with Gasteiger partial charge in [0.1, 0.15) is 11.5 Å². The van der Waals surface area contributed by atoms with Crippen molar-refractivity contribution in [3.8, 4) is 11.5 Å². The van der Waals surface area contributed by atoms with Crippen molar-refractivity contribution in [1.82, 2.24) is 14.8 Å². The number of benzene rings is 2. The maximum atomic E-state index is 12.3. The van der Waals surface area contributed by atoms with Gasteiger partial charge in [0.2, 0.25) is 5.91 Å². The summed E-state index contributed by atoms with van der Waals surface area (Å²) >= 11 is 1.31. The molecular formula is C20H22N4O3S. The number of hydrogen-bond acceptors (Lipinski definition) is 6. The van der Waals surface area contributed by atoms with Crippen molar-refractivity contribution >= 4 is 23.4 Å². The zero-order chi connectivity index (χ0) is 19.9. The van der Waals surface area contributed by atoms with Crippen LogP contribution in [0.1, 0.15) is 18.9 Å². The SMILES string of the molecule is COc1ccccc1NC(=O)CSc1nnc(C(C)Oc2ccccc2)n1C. The summed E-state index contributed by atoms with van der Waals surface area (Å²) in [5.74, 6) is 2.14. The summed E-state index contributed by atoms with van der Waals surface area (Å²) in [5, 5.41) is 11.9. The van der Waals surface area contributed by atoms with Gasteiger partial charge in [0, 0.05) is 7.05 Å². The highest BCUT2D eigenvalue weighted by atomic mass is 32.2. The van der Waals surface area contributed by atoms with Crippen LogP contribution in [0.3, 0.4) is 0 Å². The monoisotopic (exact) mass is 398 g/mol. The first-order valence-corrected chi connectivity index (χ1v) is 9.73. The zero-order valence-electron chi connectivity index (χ0n) is 16.0. The molecular weight excluding hydrogens is 376 g/mol. The van der Waals surface area contributed by atoms with Crippen LogP contribution >= 0.6 is 11.8 Å². The van der Waals surface area contributed by atoms with Gasteiger partial charge in [-0.2, -0.15) is 0 Å². The number of methoxy groups -OCH3 is 1. The van der Waals surface area contributed by atoms with Crippen LogP contribution in [0.5, 0.6) is 11.5 Å². The molecule has 28 heavy (non-hydrogen) atoms. The molecule has 1 aromatic heterocycles. The van der Waals surface area contributed by atoms with E-state index in [4.69, 9.17) is 9.47 Å². The van der Waals surface area contributed by atoms with Crippen LogP contribution in [0.2, 0.25) is 0 Å². The maximum Gasteiger partial charge on any atom is 0.234 e. The lowest BCUT2D eigenvalue weighted by Gasteiger charge is -2.14. The molecule has 0 spiro atoms. The lowest BCUT2D eigenvalue weighted by molar-refractivity contribution is -0.113. The minimum atomic E-state index is -0.267. The smallest absolute Gasteiger partial charge is 0.234 e. The number of carbonyl (C=O) groups is 1. The van der Waals surface area contributed by atoms with Crippen LogP contribution in [0.4, 0.5) is 5.69 Å². The van der Waals surface area contributed by atoms with Crippen molar-refractivity contribution in [2.24, 2.45) is 7.05 Å². The van der Waals surface area contributed by atoms with Gasteiger partial charge < -0.3 is 19.4 Å². The topological polar surface area (TPSA) is 78.3 Å². The molecule has 1 heterocycles. The van der Waals surface area contributed by atoms with E-state index in [1.54, 1.807) is 19.2 Å². The molecule has 3 aromatic rings. The van der Waals surface area contributed by atoms with E-state index in [1.165, 1.54) is 11.8 Å². The third-order valence-electron chi connectivity index (χ3n) is 4.00.